The standard InChI is InChI=1S/C69H104O12/c1-4-7-10-13-16-19-22-25-27-29-31-33-35-38-40-43-46-49-52-55-61(70)77-58-60(79-62(71)56-53-50-47-44-42-39-36-34-32-30-28-26-23-20-17-14-11-8-5-2)59-78-69-67(65(74)64(73)66(81-69)68(75)76)80-63(72)57-54-51-48-45-41-37-24-21-18-15-12-9-6-3/h7,9-10,12,16-21,25-28,31-34,37-38,40-41,46,48-49,51,60,64-67,69,73-74H,4-6,8,11,13-15,22-24,29-30,35-36,39,42-45,47,50,52-59H2,1-3H3,(H,75,76)/b10-7-,12-9-,19-16-,20-17-,21-18-,27-25-,28-26-,33-31-,34-32-,40-38-,41-37-,49-46-,51-48-. The van der Waals surface area contributed by atoms with E-state index < -0.39 is 67.3 Å². The van der Waals surface area contributed by atoms with E-state index in [-0.39, 0.29) is 25.9 Å². The number of ether oxygens (including phenoxy) is 5. The van der Waals surface area contributed by atoms with Gasteiger partial charge in [-0.05, 0) is 122 Å². The molecular formula is C69H104O12. The third-order valence-electron chi connectivity index (χ3n) is 12.6. The van der Waals surface area contributed by atoms with Crippen LogP contribution < -0.4 is 0 Å². The number of esters is 3. The van der Waals surface area contributed by atoms with Crippen LogP contribution in [0.2, 0.25) is 0 Å². The largest absolute Gasteiger partial charge is 0.479 e. The number of aliphatic carboxylic acids is 1. The summed E-state index contributed by atoms with van der Waals surface area (Å²) in [5.74, 6) is -3.38. The minimum absolute atomic E-state index is 0.0731. The smallest absolute Gasteiger partial charge is 0.335 e. The number of aliphatic hydroxyl groups is 2. The molecule has 0 aromatic heterocycles. The molecule has 6 unspecified atom stereocenters. The molecule has 0 amide bonds. The molecule has 0 bridgehead atoms. The predicted molar refractivity (Wildman–Crippen MR) is 330 cm³/mol. The Morgan fingerprint density at radius 2 is 0.802 bits per heavy atom. The lowest BCUT2D eigenvalue weighted by Crippen LogP contribution is -2.61. The lowest BCUT2D eigenvalue weighted by molar-refractivity contribution is -0.301. The Morgan fingerprint density at radius 3 is 1.23 bits per heavy atom. The maximum Gasteiger partial charge on any atom is 0.335 e. The number of hydrogen-bond donors (Lipinski definition) is 3. The third kappa shape index (κ3) is 44.7. The molecule has 0 aromatic rings. The van der Waals surface area contributed by atoms with Gasteiger partial charge in [-0.3, -0.25) is 14.4 Å². The lowest BCUT2D eigenvalue weighted by atomic mass is 9.98. The van der Waals surface area contributed by atoms with Gasteiger partial charge in [0.1, 0.15) is 18.8 Å². The molecule has 12 nitrogen and oxygen atoms in total. The second-order valence-electron chi connectivity index (χ2n) is 19.9. The normalized spacial score (nSPS) is 18.9. The first kappa shape index (κ1) is 73.4. The van der Waals surface area contributed by atoms with E-state index in [1.165, 1.54) is 19.3 Å². The van der Waals surface area contributed by atoms with Gasteiger partial charge in [0, 0.05) is 19.3 Å². The molecule has 452 valence electrons. The van der Waals surface area contributed by atoms with Crippen LogP contribution in [0.1, 0.15) is 201 Å². The van der Waals surface area contributed by atoms with E-state index in [0.717, 1.165) is 109 Å². The van der Waals surface area contributed by atoms with Gasteiger partial charge in [-0.25, -0.2) is 4.79 Å². The molecule has 0 radical (unpaired) electrons. The number of carbonyl (C=O) groups excluding carboxylic acids is 3. The highest BCUT2D eigenvalue weighted by Gasteiger charge is 2.50. The van der Waals surface area contributed by atoms with E-state index in [1.54, 1.807) is 0 Å². The molecular weight excluding hydrogens is 1020 g/mol. The Bertz CT molecular complexity index is 2010. The molecule has 1 rings (SSSR count). The van der Waals surface area contributed by atoms with Crippen LogP contribution in [0.25, 0.3) is 0 Å². The van der Waals surface area contributed by atoms with Crippen molar-refractivity contribution in [2.45, 2.75) is 237 Å². The Balaban J connectivity index is 2.78. The summed E-state index contributed by atoms with van der Waals surface area (Å²) in [6.45, 7) is 5.61. The van der Waals surface area contributed by atoms with Gasteiger partial charge in [0.15, 0.2) is 24.6 Å². The number of carbonyl (C=O) groups is 4. The number of rotatable bonds is 49. The number of unbranched alkanes of at least 4 members (excludes halogenated alkanes) is 9. The average molecular weight is 1130 g/mol. The summed E-state index contributed by atoms with van der Waals surface area (Å²) in [6.07, 6.45) is 68.1. The molecule has 12 heteroatoms. The predicted octanol–water partition coefficient (Wildman–Crippen LogP) is 16.1. The van der Waals surface area contributed by atoms with Crippen molar-refractivity contribution in [1.29, 1.82) is 0 Å². The number of hydrogen-bond acceptors (Lipinski definition) is 11. The van der Waals surface area contributed by atoms with Crippen molar-refractivity contribution < 1.29 is 58.2 Å². The lowest BCUT2D eigenvalue weighted by Gasteiger charge is -2.40. The number of allylic oxidation sites excluding steroid dienone is 26. The van der Waals surface area contributed by atoms with Gasteiger partial charge in [-0.1, -0.05) is 217 Å². The number of carboxylic acid groups (broad SMARTS) is 1. The van der Waals surface area contributed by atoms with Gasteiger partial charge < -0.3 is 39.0 Å². The van der Waals surface area contributed by atoms with Crippen LogP contribution in [0, 0.1) is 0 Å². The third-order valence-corrected chi connectivity index (χ3v) is 12.6. The van der Waals surface area contributed by atoms with E-state index in [0.29, 0.717) is 32.1 Å². The first-order valence-corrected chi connectivity index (χ1v) is 30.5. The molecule has 1 aliphatic rings. The first-order chi connectivity index (χ1) is 39.6. The maximum absolute atomic E-state index is 13.2. The molecule has 0 aliphatic carbocycles. The summed E-state index contributed by atoms with van der Waals surface area (Å²) in [5.41, 5.74) is 0. The molecule has 1 aliphatic heterocycles. The molecule has 1 heterocycles. The highest BCUT2D eigenvalue weighted by Crippen LogP contribution is 2.26. The van der Waals surface area contributed by atoms with Crippen molar-refractivity contribution in [2.75, 3.05) is 13.2 Å². The Labute approximate surface area is 488 Å². The molecule has 1 fully saturated rings. The van der Waals surface area contributed by atoms with Gasteiger partial charge >= 0.3 is 23.9 Å². The summed E-state index contributed by atoms with van der Waals surface area (Å²) >= 11 is 0. The van der Waals surface area contributed by atoms with Gasteiger partial charge in [-0.15, -0.1) is 0 Å². The van der Waals surface area contributed by atoms with Gasteiger partial charge in [0.25, 0.3) is 0 Å². The van der Waals surface area contributed by atoms with Crippen LogP contribution in [0.5, 0.6) is 0 Å². The minimum Gasteiger partial charge on any atom is -0.479 e. The molecule has 6 atom stereocenters. The number of aliphatic hydroxyl groups excluding tert-OH is 2. The monoisotopic (exact) mass is 1120 g/mol. The average Bonchev–Trinajstić information content (AvgIpc) is 3.46. The van der Waals surface area contributed by atoms with E-state index in [2.05, 4.69) is 148 Å². The zero-order valence-electron chi connectivity index (χ0n) is 49.7. The topological polar surface area (TPSA) is 175 Å². The van der Waals surface area contributed by atoms with E-state index >= 15 is 0 Å². The summed E-state index contributed by atoms with van der Waals surface area (Å²) in [7, 11) is 0. The Hall–Kier alpha value is -5.66. The minimum atomic E-state index is -1.95. The fraction of sp³-hybridized carbons (Fsp3) is 0.565. The first-order valence-electron chi connectivity index (χ1n) is 30.5. The van der Waals surface area contributed by atoms with Crippen molar-refractivity contribution in [3.63, 3.8) is 0 Å². The zero-order chi connectivity index (χ0) is 58.9. The van der Waals surface area contributed by atoms with Crippen molar-refractivity contribution in [3.8, 4) is 0 Å². The maximum atomic E-state index is 13.2. The van der Waals surface area contributed by atoms with Crippen LogP contribution in [0.4, 0.5) is 0 Å². The summed E-state index contributed by atoms with van der Waals surface area (Å²) in [4.78, 5) is 51.1. The highest BCUT2D eigenvalue weighted by molar-refractivity contribution is 5.74. The molecule has 0 aromatic carbocycles. The van der Waals surface area contributed by atoms with Crippen LogP contribution in [0.3, 0.4) is 0 Å². The van der Waals surface area contributed by atoms with Gasteiger partial charge in [-0.2, -0.15) is 0 Å². The van der Waals surface area contributed by atoms with Crippen LogP contribution in [0.15, 0.2) is 158 Å². The van der Waals surface area contributed by atoms with Crippen molar-refractivity contribution in [3.05, 3.63) is 158 Å². The van der Waals surface area contributed by atoms with Crippen molar-refractivity contribution >= 4 is 23.9 Å². The zero-order valence-corrected chi connectivity index (χ0v) is 49.7. The SMILES string of the molecule is CC/C=C\C/C=C\C/C=C\C/C=C\C/C=C\C/C=C\CCC(=O)OCC(COC1OC(C(=O)O)C(O)C(O)C1OC(=O)CC/C=C\C/C=C\C/C=C\C/C=C\CC)OC(=O)CCCCCCCC/C=C\C/C=C\C/C=C\CCCCC. The van der Waals surface area contributed by atoms with Crippen molar-refractivity contribution in [1.82, 2.24) is 0 Å². The second kappa shape index (κ2) is 54.9. The van der Waals surface area contributed by atoms with Crippen LogP contribution in [-0.2, 0) is 42.9 Å². The summed E-state index contributed by atoms with van der Waals surface area (Å²) in [6, 6.07) is 0. The van der Waals surface area contributed by atoms with Gasteiger partial charge in [0.05, 0.1) is 6.61 Å². The van der Waals surface area contributed by atoms with Crippen LogP contribution >= 0.6 is 0 Å². The van der Waals surface area contributed by atoms with E-state index in [9.17, 15) is 34.5 Å². The fourth-order valence-corrected chi connectivity index (χ4v) is 8.00. The molecule has 0 saturated carbocycles. The Morgan fingerprint density at radius 1 is 0.420 bits per heavy atom. The molecule has 1 saturated heterocycles. The summed E-state index contributed by atoms with van der Waals surface area (Å²) < 4.78 is 28.3. The van der Waals surface area contributed by atoms with E-state index in [4.69, 9.17) is 23.7 Å². The molecule has 0 spiro atoms. The second-order valence-corrected chi connectivity index (χ2v) is 19.9. The number of carboxylic acids is 1. The molecule has 81 heavy (non-hydrogen) atoms. The Kier molecular flexibility index (Phi) is 49.7. The fourth-order valence-electron chi connectivity index (χ4n) is 8.00. The van der Waals surface area contributed by atoms with Crippen molar-refractivity contribution in [2.24, 2.45) is 0 Å². The van der Waals surface area contributed by atoms with Crippen LogP contribution in [-0.4, -0.2) is 89.2 Å². The van der Waals surface area contributed by atoms with E-state index in [1.807, 2.05) is 30.4 Å². The van der Waals surface area contributed by atoms with Gasteiger partial charge in [0.2, 0.25) is 0 Å². The summed E-state index contributed by atoms with van der Waals surface area (Å²) in [5, 5.41) is 31.5. The molecule has 3 N–H and O–H groups in total. The quantitative estimate of drug-likeness (QED) is 0.0228. The highest BCUT2D eigenvalue weighted by atomic mass is 16.7.